The molecule has 0 saturated carbocycles. The summed E-state index contributed by atoms with van der Waals surface area (Å²) in [6.45, 7) is 7.16. The van der Waals surface area contributed by atoms with E-state index in [9.17, 15) is 4.79 Å². The van der Waals surface area contributed by atoms with E-state index in [0.29, 0.717) is 30.9 Å². The zero-order valence-electron chi connectivity index (χ0n) is 11.7. The standard InChI is InChI=1S/C15H22O3/c1-5-7-18-15-10-12(3)11(2)9-13(15)14(16)6-8-17-4/h9-10H,5-8H2,1-4H3. The lowest BCUT2D eigenvalue weighted by molar-refractivity contribution is 0.0928. The summed E-state index contributed by atoms with van der Waals surface area (Å²) in [7, 11) is 1.60. The van der Waals surface area contributed by atoms with Gasteiger partial charge in [-0.05, 0) is 43.5 Å². The van der Waals surface area contributed by atoms with Crippen LogP contribution < -0.4 is 4.74 Å². The van der Waals surface area contributed by atoms with E-state index in [-0.39, 0.29) is 5.78 Å². The van der Waals surface area contributed by atoms with E-state index in [0.717, 1.165) is 17.5 Å². The van der Waals surface area contributed by atoms with Gasteiger partial charge in [0.1, 0.15) is 5.75 Å². The zero-order valence-corrected chi connectivity index (χ0v) is 11.7. The molecule has 0 aromatic heterocycles. The third-order valence-electron chi connectivity index (χ3n) is 2.89. The van der Waals surface area contributed by atoms with Crippen molar-refractivity contribution < 1.29 is 14.3 Å². The minimum Gasteiger partial charge on any atom is -0.493 e. The van der Waals surface area contributed by atoms with Crippen molar-refractivity contribution in [2.45, 2.75) is 33.6 Å². The molecule has 1 rings (SSSR count). The van der Waals surface area contributed by atoms with Gasteiger partial charge in [0.05, 0.1) is 18.8 Å². The van der Waals surface area contributed by atoms with Crippen LogP contribution in [0.3, 0.4) is 0 Å². The van der Waals surface area contributed by atoms with Gasteiger partial charge in [0.25, 0.3) is 0 Å². The molecule has 0 radical (unpaired) electrons. The van der Waals surface area contributed by atoms with Crippen LogP contribution in [0.2, 0.25) is 0 Å². The summed E-state index contributed by atoms with van der Waals surface area (Å²) in [6, 6.07) is 3.86. The lowest BCUT2D eigenvalue weighted by atomic mass is 10.0. The van der Waals surface area contributed by atoms with Crippen molar-refractivity contribution in [1.29, 1.82) is 0 Å². The molecule has 0 aliphatic carbocycles. The molecule has 0 spiro atoms. The van der Waals surface area contributed by atoms with Gasteiger partial charge in [0.2, 0.25) is 0 Å². The summed E-state index contributed by atoms with van der Waals surface area (Å²) >= 11 is 0. The van der Waals surface area contributed by atoms with Gasteiger partial charge < -0.3 is 9.47 Å². The summed E-state index contributed by atoms with van der Waals surface area (Å²) in [4.78, 5) is 12.1. The van der Waals surface area contributed by atoms with E-state index in [4.69, 9.17) is 9.47 Å². The van der Waals surface area contributed by atoms with Crippen LogP contribution in [0, 0.1) is 13.8 Å². The maximum Gasteiger partial charge on any atom is 0.168 e. The van der Waals surface area contributed by atoms with Gasteiger partial charge in [-0.2, -0.15) is 0 Å². The first kappa shape index (κ1) is 14.7. The number of carbonyl (C=O) groups is 1. The number of benzene rings is 1. The van der Waals surface area contributed by atoms with Crippen LogP contribution in [-0.2, 0) is 4.74 Å². The average molecular weight is 250 g/mol. The SMILES string of the molecule is CCCOc1cc(C)c(C)cc1C(=O)CCOC. The predicted molar refractivity (Wildman–Crippen MR) is 72.5 cm³/mol. The molecule has 0 saturated heterocycles. The number of ketones is 1. The van der Waals surface area contributed by atoms with Crippen molar-refractivity contribution in [1.82, 2.24) is 0 Å². The van der Waals surface area contributed by atoms with Crippen LogP contribution in [0.4, 0.5) is 0 Å². The Morgan fingerprint density at radius 1 is 1.17 bits per heavy atom. The largest absolute Gasteiger partial charge is 0.493 e. The normalized spacial score (nSPS) is 10.4. The molecule has 0 atom stereocenters. The van der Waals surface area contributed by atoms with E-state index in [2.05, 4.69) is 0 Å². The Morgan fingerprint density at radius 2 is 1.83 bits per heavy atom. The number of methoxy groups -OCH3 is 1. The summed E-state index contributed by atoms with van der Waals surface area (Å²) in [5, 5.41) is 0. The van der Waals surface area contributed by atoms with E-state index in [1.165, 1.54) is 0 Å². The Bertz CT molecular complexity index is 410. The van der Waals surface area contributed by atoms with Crippen LogP contribution in [-0.4, -0.2) is 26.1 Å². The minimum atomic E-state index is 0.0750. The molecule has 0 fully saturated rings. The van der Waals surface area contributed by atoms with Crippen molar-refractivity contribution in [3.63, 3.8) is 0 Å². The number of carbonyl (C=O) groups excluding carboxylic acids is 1. The average Bonchev–Trinajstić information content (AvgIpc) is 2.36. The predicted octanol–water partition coefficient (Wildman–Crippen LogP) is 3.31. The van der Waals surface area contributed by atoms with Crippen LogP contribution in [0.1, 0.15) is 41.3 Å². The smallest absolute Gasteiger partial charge is 0.168 e. The van der Waals surface area contributed by atoms with Crippen molar-refractivity contribution in [2.24, 2.45) is 0 Å². The molecule has 18 heavy (non-hydrogen) atoms. The van der Waals surface area contributed by atoms with Gasteiger partial charge in [-0.15, -0.1) is 0 Å². The Morgan fingerprint density at radius 3 is 2.44 bits per heavy atom. The Labute approximate surface area is 109 Å². The number of Topliss-reactive ketones (excluding diaryl/α,β-unsaturated/α-hetero) is 1. The number of rotatable bonds is 7. The minimum absolute atomic E-state index is 0.0750. The molecule has 3 nitrogen and oxygen atoms in total. The first-order chi connectivity index (χ1) is 8.60. The lowest BCUT2D eigenvalue weighted by Crippen LogP contribution is -2.08. The van der Waals surface area contributed by atoms with Crippen LogP contribution >= 0.6 is 0 Å². The molecule has 0 aliphatic rings. The highest BCUT2D eigenvalue weighted by atomic mass is 16.5. The van der Waals surface area contributed by atoms with Crippen molar-refractivity contribution in [3.05, 3.63) is 28.8 Å². The van der Waals surface area contributed by atoms with Gasteiger partial charge >= 0.3 is 0 Å². The molecule has 0 N–H and O–H groups in total. The fraction of sp³-hybridized carbons (Fsp3) is 0.533. The van der Waals surface area contributed by atoms with Gasteiger partial charge in [0.15, 0.2) is 5.78 Å². The van der Waals surface area contributed by atoms with E-state index in [1.54, 1.807) is 7.11 Å². The molecular formula is C15H22O3. The van der Waals surface area contributed by atoms with Gasteiger partial charge in [0, 0.05) is 13.5 Å². The fourth-order valence-electron chi connectivity index (χ4n) is 1.67. The monoisotopic (exact) mass is 250 g/mol. The summed E-state index contributed by atoms with van der Waals surface area (Å²) in [5.41, 5.74) is 2.92. The van der Waals surface area contributed by atoms with Crippen LogP contribution in [0.5, 0.6) is 5.75 Å². The molecule has 0 bridgehead atoms. The second-order valence-corrected chi connectivity index (χ2v) is 4.45. The number of ether oxygens (including phenoxy) is 2. The summed E-state index contributed by atoms with van der Waals surface area (Å²) in [6.07, 6.45) is 1.32. The Kier molecular flexibility index (Phi) is 5.86. The molecule has 1 aromatic rings. The highest BCUT2D eigenvalue weighted by Gasteiger charge is 2.14. The number of hydrogen-bond donors (Lipinski definition) is 0. The first-order valence-corrected chi connectivity index (χ1v) is 6.36. The maximum absolute atomic E-state index is 12.1. The lowest BCUT2D eigenvalue weighted by Gasteiger charge is -2.13. The van der Waals surface area contributed by atoms with E-state index in [1.807, 2.05) is 32.9 Å². The van der Waals surface area contributed by atoms with Gasteiger partial charge in [-0.25, -0.2) is 0 Å². The molecule has 0 amide bonds. The summed E-state index contributed by atoms with van der Waals surface area (Å²) in [5.74, 6) is 0.770. The first-order valence-electron chi connectivity index (χ1n) is 6.36. The van der Waals surface area contributed by atoms with E-state index < -0.39 is 0 Å². The molecule has 0 heterocycles. The second kappa shape index (κ2) is 7.17. The summed E-state index contributed by atoms with van der Waals surface area (Å²) < 4.78 is 10.6. The quantitative estimate of drug-likeness (QED) is 0.696. The topological polar surface area (TPSA) is 35.5 Å². The molecule has 1 aromatic carbocycles. The van der Waals surface area contributed by atoms with Crippen molar-refractivity contribution in [3.8, 4) is 5.75 Å². The zero-order chi connectivity index (χ0) is 13.5. The van der Waals surface area contributed by atoms with Gasteiger partial charge in [-0.3, -0.25) is 4.79 Å². The van der Waals surface area contributed by atoms with Crippen LogP contribution in [0.15, 0.2) is 12.1 Å². The van der Waals surface area contributed by atoms with Gasteiger partial charge in [-0.1, -0.05) is 6.92 Å². The second-order valence-electron chi connectivity index (χ2n) is 4.45. The highest BCUT2D eigenvalue weighted by molar-refractivity contribution is 5.99. The van der Waals surface area contributed by atoms with Crippen LogP contribution in [0.25, 0.3) is 0 Å². The van der Waals surface area contributed by atoms with Crippen molar-refractivity contribution >= 4 is 5.78 Å². The third kappa shape index (κ3) is 3.84. The maximum atomic E-state index is 12.1. The fourth-order valence-corrected chi connectivity index (χ4v) is 1.67. The highest BCUT2D eigenvalue weighted by Crippen LogP contribution is 2.25. The molecule has 0 aliphatic heterocycles. The number of aryl methyl sites for hydroxylation is 2. The van der Waals surface area contributed by atoms with E-state index >= 15 is 0 Å². The number of hydrogen-bond acceptors (Lipinski definition) is 3. The Balaban J connectivity index is 2.98. The van der Waals surface area contributed by atoms with Crippen molar-refractivity contribution in [2.75, 3.05) is 20.3 Å². The molecule has 100 valence electrons. The molecule has 3 heteroatoms. The molecule has 0 unspecified atom stereocenters. The molecular weight excluding hydrogens is 228 g/mol. The Hall–Kier alpha value is -1.35. The third-order valence-corrected chi connectivity index (χ3v) is 2.89.